The van der Waals surface area contributed by atoms with Gasteiger partial charge >= 0.3 is 18.1 Å². The van der Waals surface area contributed by atoms with Gasteiger partial charge in [-0.25, -0.2) is 0 Å². The van der Waals surface area contributed by atoms with E-state index in [1.807, 2.05) is 12.1 Å². The standard InChI is InChI=1S/C41H51F3N2O5/c1-4-39(36(47)48)29(2)45-30(3)40(37(49)50,35(39)33-19-11-12-20-34(33)41(42,43)44)21-13-27-51-28-14-24-46-25-22-38(23-26-46,31-15-7-5-8-16-31)32-17-9-6-10-18-32/h5-12,15-20,29-30,35,45H,4,13-14,21-28H2,1-3H3,(H,47,48)(H,49,50). The summed E-state index contributed by atoms with van der Waals surface area (Å²) < 4.78 is 49.3. The van der Waals surface area contributed by atoms with E-state index in [1.54, 1.807) is 20.8 Å². The summed E-state index contributed by atoms with van der Waals surface area (Å²) >= 11 is 0. The lowest BCUT2D eigenvalue weighted by Gasteiger charge is -2.57. The second kappa shape index (κ2) is 15.9. The van der Waals surface area contributed by atoms with Crippen LogP contribution in [0.15, 0.2) is 84.9 Å². The number of rotatable bonds is 14. The van der Waals surface area contributed by atoms with Crippen molar-refractivity contribution in [3.8, 4) is 0 Å². The Labute approximate surface area is 299 Å². The molecule has 3 N–H and O–H groups in total. The van der Waals surface area contributed by atoms with Crippen LogP contribution in [0.2, 0.25) is 0 Å². The molecule has 5 atom stereocenters. The highest BCUT2D eigenvalue weighted by atomic mass is 19.4. The molecule has 3 aromatic rings. The number of halogens is 3. The zero-order valence-electron chi connectivity index (χ0n) is 29.8. The van der Waals surface area contributed by atoms with Crippen LogP contribution in [-0.2, 0) is 25.9 Å². The molecule has 5 unspecified atom stereocenters. The molecule has 0 radical (unpaired) electrons. The molecule has 276 valence electrons. The summed E-state index contributed by atoms with van der Waals surface area (Å²) in [6, 6.07) is 24.6. The van der Waals surface area contributed by atoms with Crippen molar-refractivity contribution in [1.29, 1.82) is 0 Å². The number of alkyl halides is 3. The average Bonchev–Trinajstić information content (AvgIpc) is 3.12. The number of ether oxygens (including phenoxy) is 1. The van der Waals surface area contributed by atoms with Gasteiger partial charge in [0, 0.05) is 43.2 Å². The van der Waals surface area contributed by atoms with Gasteiger partial charge in [0.15, 0.2) is 0 Å². The van der Waals surface area contributed by atoms with Gasteiger partial charge in [0.1, 0.15) is 0 Å². The second-order valence-corrected chi connectivity index (χ2v) is 14.4. The number of likely N-dealkylation sites (tertiary alicyclic amines) is 1. The molecular weight excluding hydrogens is 657 g/mol. The molecule has 2 aliphatic rings. The summed E-state index contributed by atoms with van der Waals surface area (Å²) in [5.74, 6) is -4.09. The Morgan fingerprint density at radius 1 is 0.804 bits per heavy atom. The Hall–Kier alpha value is -3.73. The normalized spacial score (nSPS) is 26.8. The number of nitrogens with one attached hydrogen (secondary N) is 1. The first-order valence-electron chi connectivity index (χ1n) is 18.1. The first kappa shape index (κ1) is 38.5. The van der Waals surface area contributed by atoms with E-state index < -0.39 is 52.5 Å². The fourth-order valence-corrected chi connectivity index (χ4v) is 9.32. The van der Waals surface area contributed by atoms with Crippen LogP contribution in [0.5, 0.6) is 0 Å². The molecule has 2 fully saturated rings. The van der Waals surface area contributed by atoms with Crippen LogP contribution in [0.1, 0.15) is 87.5 Å². The van der Waals surface area contributed by atoms with E-state index in [4.69, 9.17) is 4.74 Å². The van der Waals surface area contributed by atoms with Gasteiger partial charge in [0.05, 0.1) is 16.4 Å². The number of nitrogens with zero attached hydrogens (tertiary/aromatic N) is 1. The Morgan fingerprint density at radius 3 is 1.84 bits per heavy atom. The molecule has 7 nitrogen and oxygen atoms in total. The highest BCUT2D eigenvalue weighted by Crippen LogP contribution is 2.60. The van der Waals surface area contributed by atoms with Crippen molar-refractivity contribution in [1.82, 2.24) is 10.2 Å². The molecule has 5 rings (SSSR count). The lowest BCUT2D eigenvalue weighted by atomic mass is 9.49. The van der Waals surface area contributed by atoms with E-state index >= 15 is 0 Å². The van der Waals surface area contributed by atoms with Crippen molar-refractivity contribution < 1.29 is 37.7 Å². The van der Waals surface area contributed by atoms with Gasteiger partial charge in [-0.2, -0.15) is 13.2 Å². The third kappa shape index (κ3) is 7.32. The number of carboxylic acids is 2. The smallest absolute Gasteiger partial charge is 0.416 e. The number of aliphatic carboxylic acids is 2. The van der Waals surface area contributed by atoms with Gasteiger partial charge < -0.3 is 25.2 Å². The van der Waals surface area contributed by atoms with Gasteiger partial charge in [0.25, 0.3) is 0 Å². The van der Waals surface area contributed by atoms with E-state index in [9.17, 15) is 33.0 Å². The highest BCUT2D eigenvalue weighted by Gasteiger charge is 2.66. The van der Waals surface area contributed by atoms with Crippen LogP contribution >= 0.6 is 0 Å². The number of benzene rings is 3. The van der Waals surface area contributed by atoms with Crippen molar-refractivity contribution in [2.75, 3.05) is 32.8 Å². The van der Waals surface area contributed by atoms with Crippen LogP contribution in [0.3, 0.4) is 0 Å². The molecule has 0 bridgehead atoms. The van der Waals surface area contributed by atoms with Crippen molar-refractivity contribution in [2.24, 2.45) is 10.8 Å². The maximum Gasteiger partial charge on any atom is 0.416 e. The summed E-state index contributed by atoms with van der Waals surface area (Å²) in [4.78, 5) is 28.9. The average molecular weight is 709 g/mol. The van der Waals surface area contributed by atoms with Crippen molar-refractivity contribution in [3.63, 3.8) is 0 Å². The molecule has 51 heavy (non-hydrogen) atoms. The van der Waals surface area contributed by atoms with E-state index in [0.717, 1.165) is 45.0 Å². The zero-order chi connectivity index (χ0) is 36.9. The Bertz CT molecular complexity index is 1570. The van der Waals surface area contributed by atoms with Crippen LogP contribution < -0.4 is 5.32 Å². The van der Waals surface area contributed by atoms with Crippen molar-refractivity contribution >= 4 is 11.9 Å². The SMILES string of the molecule is CCC1(C(=O)O)C(C)NC(C)C(CCCOCCCN2CCC(c3ccccc3)(c3ccccc3)CC2)(C(=O)O)C1c1ccccc1C(F)(F)F. The van der Waals surface area contributed by atoms with Crippen molar-refractivity contribution in [3.05, 3.63) is 107 Å². The summed E-state index contributed by atoms with van der Waals surface area (Å²) in [6.45, 7) is 8.27. The second-order valence-electron chi connectivity index (χ2n) is 14.4. The predicted octanol–water partition coefficient (Wildman–Crippen LogP) is 7.99. The maximum absolute atomic E-state index is 14.4. The summed E-state index contributed by atoms with van der Waals surface area (Å²) in [6.07, 6.45) is -1.88. The van der Waals surface area contributed by atoms with E-state index in [2.05, 4.69) is 58.7 Å². The summed E-state index contributed by atoms with van der Waals surface area (Å²) in [5.41, 5.74) is -2.31. The number of carboxylic acid groups (broad SMARTS) is 2. The number of hydrogen-bond donors (Lipinski definition) is 3. The van der Waals surface area contributed by atoms with Gasteiger partial charge in [-0.15, -0.1) is 0 Å². The minimum Gasteiger partial charge on any atom is -0.481 e. The molecule has 0 amide bonds. The van der Waals surface area contributed by atoms with Gasteiger partial charge in [-0.3, -0.25) is 9.59 Å². The monoisotopic (exact) mass is 708 g/mol. The fraction of sp³-hybridized carbons (Fsp3) is 0.512. The van der Waals surface area contributed by atoms with Gasteiger partial charge in [0.2, 0.25) is 0 Å². The molecule has 0 saturated carbocycles. The largest absolute Gasteiger partial charge is 0.481 e. The Balaban J connectivity index is 1.24. The molecule has 2 saturated heterocycles. The topological polar surface area (TPSA) is 99.1 Å². The first-order chi connectivity index (χ1) is 24.3. The van der Waals surface area contributed by atoms with Crippen LogP contribution in [-0.4, -0.2) is 72.0 Å². The molecule has 2 heterocycles. The number of piperidine rings is 2. The molecule has 0 spiro atoms. The molecule has 0 aromatic heterocycles. The summed E-state index contributed by atoms with van der Waals surface area (Å²) in [5, 5.41) is 24.7. The van der Waals surface area contributed by atoms with Crippen LogP contribution in [0.25, 0.3) is 0 Å². The van der Waals surface area contributed by atoms with Gasteiger partial charge in [-0.1, -0.05) is 85.8 Å². The lowest BCUT2D eigenvalue weighted by molar-refractivity contribution is -0.175. The Kier molecular flexibility index (Phi) is 12.0. The Morgan fingerprint density at radius 2 is 1.31 bits per heavy atom. The van der Waals surface area contributed by atoms with Crippen LogP contribution in [0.4, 0.5) is 13.2 Å². The minimum absolute atomic E-state index is 0.0347. The molecule has 2 aliphatic heterocycles. The summed E-state index contributed by atoms with van der Waals surface area (Å²) in [7, 11) is 0. The van der Waals surface area contributed by atoms with Gasteiger partial charge in [-0.05, 0) is 88.2 Å². The van der Waals surface area contributed by atoms with Crippen molar-refractivity contribution in [2.45, 2.75) is 88.9 Å². The minimum atomic E-state index is -4.79. The predicted molar refractivity (Wildman–Crippen MR) is 191 cm³/mol. The van der Waals surface area contributed by atoms with E-state index in [-0.39, 0.29) is 36.8 Å². The van der Waals surface area contributed by atoms with E-state index in [1.165, 1.54) is 29.3 Å². The molecular formula is C41H51F3N2O5. The lowest BCUT2D eigenvalue weighted by Crippen LogP contribution is -2.69. The molecule has 0 aliphatic carbocycles. The third-order valence-electron chi connectivity index (χ3n) is 12.0. The first-order valence-corrected chi connectivity index (χ1v) is 18.1. The maximum atomic E-state index is 14.4. The number of carbonyl (C=O) groups is 2. The quantitative estimate of drug-likeness (QED) is 0.146. The highest BCUT2D eigenvalue weighted by molar-refractivity contribution is 5.84. The molecule has 3 aromatic carbocycles. The zero-order valence-corrected chi connectivity index (χ0v) is 29.8. The number of hydrogen-bond acceptors (Lipinski definition) is 5. The van der Waals surface area contributed by atoms with Crippen LogP contribution in [0, 0.1) is 10.8 Å². The fourth-order valence-electron chi connectivity index (χ4n) is 9.32. The third-order valence-corrected chi connectivity index (χ3v) is 12.0. The molecule has 10 heteroatoms. The van der Waals surface area contributed by atoms with E-state index in [0.29, 0.717) is 6.61 Å².